The summed E-state index contributed by atoms with van der Waals surface area (Å²) in [7, 11) is 1.61. The first-order valence-electron chi connectivity index (χ1n) is 13.2. The lowest BCUT2D eigenvalue weighted by molar-refractivity contribution is -0.155. The van der Waals surface area contributed by atoms with Crippen LogP contribution >= 0.6 is 0 Å². The van der Waals surface area contributed by atoms with Crippen molar-refractivity contribution in [3.63, 3.8) is 0 Å². The quantitative estimate of drug-likeness (QED) is 0.234. The fourth-order valence-corrected chi connectivity index (χ4v) is 4.99. The van der Waals surface area contributed by atoms with E-state index in [0.717, 1.165) is 16.9 Å². The Kier molecular flexibility index (Phi) is 9.02. The highest BCUT2D eigenvalue weighted by Gasteiger charge is 2.37. The maximum Gasteiger partial charge on any atom is 0.318 e. The van der Waals surface area contributed by atoms with Gasteiger partial charge in [-0.25, -0.2) is 24.0 Å². The molecule has 10 nitrogen and oxygen atoms in total. The van der Waals surface area contributed by atoms with E-state index in [1.54, 1.807) is 22.9 Å². The predicted molar refractivity (Wildman–Crippen MR) is 144 cm³/mol. The molecule has 0 unspecified atom stereocenters. The number of hydrogen-bond acceptors (Lipinski definition) is 9. The number of carbonyl (C=O) groups excluding carboxylic acids is 1. The second-order valence-corrected chi connectivity index (χ2v) is 9.67. The van der Waals surface area contributed by atoms with E-state index >= 15 is 0 Å². The van der Waals surface area contributed by atoms with Gasteiger partial charge in [0.15, 0.2) is 0 Å². The third-order valence-corrected chi connectivity index (χ3v) is 6.94. The van der Waals surface area contributed by atoms with Gasteiger partial charge in [0.1, 0.15) is 11.9 Å². The topological polar surface area (TPSA) is 104 Å². The molecule has 2 atom stereocenters. The number of halogens is 2. The SMILES string of the molecule is COCCN1C[C@@H](CC(=O)Cc2c(C)c(-c3cnc(OCF)nc3)nn2-c2ccccc2)[C@H](c2ccnc(F)c2)O1. The average molecular weight is 565 g/mol. The highest BCUT2D eigenvalue weighted by molar-refractivity contribution is 5.82. The zero-order chi connectivity index (χ0) is 28.8. The fourth-order valence-electron chi connectivity index (χ4n) is 4.99. The summed E-state index contributed by atoms with van der Waals surface area (Å²) >= 11 is 0. The summed E-state index contributed by atoms with van der Waals surface area (Å²) in [5.74, 6) is -0.818. The van der Waals surface area contributed by atoms with Crippen molar-refractivity contribution in [2.45, 2.75) is 25.9 Å². The minimum absolute atomic E-state index is 0.0126. The third kappa shape index (κ3) is 6.62. The van der Waals surface area contributed by atoms with Gasteiger partial charge in [0.05, 0.1) is 23.7 Å². The monoisotopic (exact) mass is 564 g/mol. The Hall–Kier alpha value is -4.13. The van der Waals surface area contributed by atoms with Crippen LogP contribution in [0, 0.1) is 18.8 Å². The summed E-state index contributed by atoms with van der Waals surface area (Å²) in [6, 6.07) is 12.5. The second kappa shape index (κ2) is 13.0. The maximum absolute atomic E-state index is 13.9. The average Bonchev–Trinajstić information content (AvgIpc) is 3.53. The normalized spacial score (nSPS) is 17.2. The Morgan fingerprint density at radius 2 is 1.93 bits per heavy atom. The number of ether oxygens (including phenoxy) is 2. The Labute approximate surface area is 235 Å². The number of Topliss-reactive ketones (excluding diaryl/α,β-unsaturated/α-hetero) is 1. The van der Waals surface area contributed by atoms with Gasteiger partial charge in [-0.05, 0) is 42.3 Å². The van der Waals surface area contributed by atoms with Gasteiger partial charge in [-0.1, -0.05) is 18.2 Å². The summed E-state index contributed by atoms with van der Waals surface area (Å²) in [6.07, 6.45) is 4.25. The van der Waals surface area contributed by atoms with Crippen molar-refractivity contribution >= 4 is 5.78 Å². The number of carbonyl (C=O) groups is 1. The molecule has 1 aromatic carbocycles. The van der Waals surface area contributed by atoms with Crippen LogP contribution in [0.25, 0.3) is 16.9 Å². The highest BCUT2D eigenvalue weighted by atomic mass is 19.1. The molecule has 0 spiro atoms. The molecule has 1 fully saturated rings. The van der Waals surface area contributed by atoms with Gasteiger partial charge >= 0.3 is 6.01 Å². The first-order chi connectivity index (χ1) is 20.0. The molecule has 5 rings (SSSR count). The van der Waals surface area contributed by atoms with E-state index in [4.69, 9.17) is 19.4 Å². The molecule has 0 aliphatic carbocycles. The third-order valence-electron chi connectivity index (χ3n) is 6.94. The zero-order valence-corrected chi connectivity index (χ0v) is 22.7. The van der Waals surface area contributed by atoms with E-state index < -0.39 is 18.9 Å². The highest BCUT2D eigenvalue weighted by Crippen LogP contribution is 2.37. The molecule has 1 aliphatic rings. The largest absolute Gasteiger partial charge is 0.431 e. The van der Waals surface area contributed by atoms with Crippen LogP contribution in [0.5, 0.6) is 6.01 Å². The van der Waals surface area contributed by atoms with Crippen LogP contribution in [0.3, 0.4) is 0 Å². The van der Waals surface area contributed by atoms with Crippen molar-refractivity contribution in [1.82, 2.24) is 29.8 Å². The Bertz CT molecular complexity index is 1470. The van der Waals surface area contributed by atoms with Crippen LogP contribution in [0.4, 0.5) is 8.78 Å². The number of pyridine rings is 1. The number of para-hydroxylation sites is 1. The molecule has 0 amide bonds. The Morgan fingerprint density at radius 3 is 2.63 bits per heavy atom. The minimum atomic E-state index is -1.03. The lowest BCUT2D eigenvalue weighted by Crippen LogP contribution is -2.24. The molecular formula is C29H30F2N6O4. The first-order valence-corrected chi connectivity index (χ1v) is 13.2. The van der Waals surface area contributed by atoms with E-state index in [-0.39, 0.29) is 30.6 Å². The first kappa shape index (κ1) is 28.4. The van der Waals surface area contributed by atoms with Crippen molar-refractivity contribution in [2.24, 2.45) is 5.92 Å². The summed E-state index contributed by atoms with van der Waals surface area (Å²) in [5, 5.41) is 6.57. The van der Waals surface area contributed by atoms with Crippen LogP contribution in [0.1, 0.15) is 29.3 Å². The van der Waals surface area contributed by atoms with Crippen LogP contribution in [-0.4, -0.2) is 69.2 Å². The molecule has 214 valence electrons. The smallest absolute Gasteiger partial charge is 0.318 e. The molecule has 41 heavy (non-hydrogen) atoms. The van der Waals surface area contributed by atoms with Crippen LogP contribution in [-0.2, 0) is 20.8 Å². The van der Waals surface area contributed by atoms with E-state index in [0.29, 0.717) is 36.5 Å². The summed E-state index contributed by atoms with van der Waals surface area (Å²) in [6.45, 7) is 2.34. The number of methoxy groups -OCH3 is 1. The standard InChI is InChI=1S/C29H30F2N6O4/c1-19-25(37(23-6-4-3-5-7-23)35-27(19)22-15-33-29(34-16-22)40-18-30)14-24(38)12-21-17-36(10-11-39-2)41-28(21)20-8-9-32-26(31)13-20/h3-9,13,15-16,21,28H,10-12,14,17-18H2,1-2H3/t21-,28+/m1/s1. The molecule has 1 saturated heterocycles. The fraction of sp³-hybridized carbons (Fsp3) is 0.345. The van der Waals surface area contributed by atoms with Gasteiger partial charge in [0.25, 0.3) is 0 Å². The van der Waals surface area contributed by atoms with E-state index in [2.05, 4.69) is 15.0 Å². The van der Waals surface area contributed by atoms with Crippen LogP contribution < -0.4 is 4.74 Å². The number of hydroxylamine groups is 2. The number of ketones is 1. The lowest BCUT2D eigenvalue weighted by atomic mass is 9.91. The molecule has 0 bridgehead atoms. The Balaban J connectivity index is 1.41. The molecule has 4 aromatic rings. The molecule has 0 radical (unpaired) electrons. The van der Waals surface area contributed by atoms with E-state index in [9.17, 15) is 13.6 Å². The van der Waals surface area contributed by atoms with Gasteiger partial charge in [0.2, 0.25) is 12.8 Å². The van der Waals surface area contributed by atoms with Gasteiger partial charge in [0, 0.05) is 63.1 Å². The van der Waals surface area contributed by atoms with Gasteiger partial charge in [-0.3, -0.25) is 9.63 Å². The van der Waals surface area contributed by atoms with Crippen molar-refractivity contribution in [3.05, 3.63) is 83.8 Å². The van der Waals surface area contributed by atoms with Gasteiger partial charge in [-0.2, -0.15) is 14.6 Å². The lowest BCUT2D eigenvalue weighted by Gasteiger charge is -2.17. The number of aromatic nitrogens is 5. The molecule has 1 aliphatic heterocycles. The van der Waals surface area contributed by atoms with Crippen LogP contribution in [0.2, 0.25) is 0 Å². The number of alkyl halides is 1. The van der Waals surface area contributed by atoms with Crippen molar-refractivity contribution in [2.75, 3.05) is 33.7 Å². The van der Waals surface area contributed by atoms with Gasteiger partial charge < -0.3 is 9.47 Å². The predicted octanol–water partition coefficient (Wildman–Crippen LogP) is 4.23. The maximum atomic E-state index is 13.9. The Morgan fingerprint density at radius 1 is 1.15 bits per heavy atom. The summed E-state index contributed by atoms with van der Waals surface area (Å²) in [4.78, 5) is 31.5. The molecule has 12 heteroatoms. The molecule has 0 N–H and O–H groups in total. The van der Waals surface area contributed by atoms with Crippen molar-refractivity contribution in [3.8, 4) is 23.0 Å². The number of nitrogens with zero attached hydrogens (tertiary/aromatic N) is 6. The summed E-state index contributed by atoms with van der Waals surface area (Å²) in [5.41, 5.74) is 4.15. The molecule has 3 aromatic heterocycles. The van der Waals surface area contributed by atoms with Crippen molar-refractivity contribution in [1.29, 1.82) is 0 Å². The number of benzene rings is 1. The van der Waals surface area contributed by atoms with Gasteiger partial charge in [-0.15, -0.1) is 0 Å². The van der Waals surface area contributed by atoms with Crippen molar-refractivity contribution < 1.29 is 27.9 Å². The second-order valence-electron chi connectivity index (χ2n) is 9.67. The minimum Gasteiger partial charge on any atom is -0.431 e. The van der Waals surface area contributed by atoms with Crippen LogP contribution in [0.15, 0.2) is 61.1 Å². The zero-order valence-electron chi connectivity index (χ0n) is 22.7. The number of hydrogen-bond donors (Lipinski definition) is 0. The van der Waals surface area contributed by atoms with E-state index in [1.807, 2.05) is 37.3 Å². The van der Waals surface area contributed by atoms with E-state index in [1.165, 1.54) is 24.7 Å². The summed E-state index contributed by atoms with van der Waals surface area (Å²) < 4.78 is 38.1. The molecule has 0 saturated carbocycles. The molecule has 4 heterocycles. The molecular weight excluding hydrogens is 534 g/mol. The number of rotatable bonds is 12.